The van der Waals surface area contributed by atoms with E-state index >= 15 is 0 Å². The van der Waals surface area contributed by atoms with Crippen LogP contribution >= 0.6 is 0 Å². The number of fused-ring (bicyclic) bond motifs is 3. The highest BCUT2D eigenvalue weighted by atomic mass is 16.5. The van der Waals surface area contributed by atoms with Crippen LogP contribution in [-0.2, 0) is 14.3 Å². The molecule has 2 N–H and O–H groups in total. The molecule has 174 valence electrons. The number of carbonyl (C=O) groups is 3. The maximum absolute atomic E-state index is 13.2. The number of likely N-dealkylation sites (tertiary alicyclic amines) is 1. The largest absolute Gasteiger partial charge is 0.480 e. The van der Waals surface area contributed by atoms with E-state index in [-0.39, 0.29) is 18.4 Å². The van der Waals surface area contributed by atoms with E-state index in [1.807, 2.05) is 43.3 Å². The highest BCUT2D eigenvalue weighted by Gasteiger charge is 2.47. The van der Waals surface area contributed by atoms with Crippen LogP contribution in [0.5, 0.6) is 0 Å². The molecule has 33 heavy (non-hydrogen) atoms. The molecule has 2 aliphatic rings. The summed E-state index contributed by atoms with van der Waals surface area (Å²) in [6.45, 7) is 4.01. The van der Waals surface area contributed by atoms with Crippen molar-refractivity contribution in [1.82, 2.24) is 10.2 Å². The Kier molecular flexibility index (Phi) is 6.40. The summed E-state index contributed by atoms with van der Waals surface area (Å²) in [6.07, 6.45) is 1.43. The minimum absolute atomic E-state index is 0.0719. The number of nitrogens with one attached hydrogen (secondary N) is 1. The number of nitrogens with zero attached hydrogens (tertiary/aromatic N) is 1. The number of rotatable bonds is 7. The zero-order valence-electron chi connectivity index (χ0n) is 19.0. The van der Waals surface area contributed by atoms with Crippen LogP contribution in [0.25, 0.3) is 11.1 Å². The highest BCUT2D eigenvalue weighted by molar-refractivity contribution is 5.91. The Morgan fingerprint density at radius 1 is 1.12 bits per heavy atom. The van der Waals surface area contributed by atoms with Crippen LogP contribution in [0.4, 0.5) is 4.79 Å². The monoisotopic (exact) mass is 450 g/mol. The molecule has 0 aromatic heterocycles. The Hall–Kier alpha value is -3.35. The summed E-state index contributed by atoms with van der Waals surface area (Å²) in [7, 11) is 0. The predicted molar refractivity (Wildman–Crippen MR) is 124 cm³/mol. The van der Waals surface area contributed by atoms with E-state index in [0.29, 0.717) is 32.2 Å². The van der Waals surface area contributed by atoms with E-state index in [1.54, 1.807) is 6.92 Å². The first-order valence-corrected chi connectivity index (χ1v) is 11.5. The summed E-state index contributed by atoms with van der Waals surface area (Å²) in [6, 6.07) is 15.4. The lowest BCUT2D eigenvalue weighted by molar-refractivity contribution is -0.156. The summed E-state index contributed by atoms with van der Waals surface area (Å²) in [5.74, 6) is -1.46. The van der Waals surface area contributed by atoms with Gasteiger partial charge in [0.05, 0.1) is 0 Å². The van der Waals surface area contributed by atoms with Crippen LogP contribution in [0.3, 0.4) is 0 Å². The van der Waals surface area contributed by atoms with E-state index in [1.165, 1.54) is 4.90 Å². The fourth-order valence-electron chi connectivity index (χ4n) is 5.06. The van der Waals surface area contributed by atoms with Gasteiger partial charge in [0.2, 0.25) is 5.91 Å². The van der Waals surface area contributed by atoms with E-state index in [2.05, 4.69) is 17.4 Å². The van der Waals surface area contributed by atoms with Crippen molar-refractivity contribution in [1.29, 1.82) is 0 Å². The van der Waals surface area contributed by atoms with Crippen LogP contribution < -0.4 is 5.32 Å². The molecular weight excluding hydrogens is 420 g/mol. The van der Waals surface area contributed by atoms with E-state index in [0.717, 1.165) is 22.3 Å². The number of ether oxygens (including phenoxy) is 1. The predicted octanol–water partition coefficient (Wildman–Crippen LogP) is 4.16. The van der Waals surface area contributed by atoms with Crippen LogP contribution in [0, 0.1) is 0 Å². The van der Waals surface area contributed by atoms with Crippen molar-refractivity contribution in [3.8, 4) is 11.1 Å². The minimum atomic E-state index is -1.24. The molecule has 1 saturated heterocycles. The van der Waals surface area contributed by atoms with E-state index in [9.17, 15) is 19.5 Å². The molecule has 0 spiro atoms. The lowest BCUT2D eigenvalue weighted by Gasteiger charge is -2.34. The fourth-order valence-corrected chi connectivity index (χ4v) is 5.06. The van der Waals surface area contributed by atoms with Crippen LogP contribution in [0.2, 0.25) is 0 Å². The van der Waals surface area contributed by atoms with E-state index < -0.39 is 23.6 Å². The lowest BCUT2D eigenvalue weighted by atomic mass is 9.98. The second-order valence-electron chi connectivity index (χ2n) is 8.98. The van der Waals surface area contributed by atoms with Crippen molar-refractivity contribution >= 4 is 18.0 Å². The number of carboxylic acids is 1. The maximum Gasteiger partial charge on any atom is 0.407 e. The summed E-state index contributed by atoms with van der Waals surface area (Å²) >= 11 is 0. The number of aliphatic carboxylic acids is 1. The molecule has 4 rings (SSSR count). The van der Waals surface area contributed by atoms with Gasteiger partial charge in [0.1, 0.15) is 18.2 Å². The molecular formula is C26H30N2O5. The van der Waals surface area contributed by atoms with Gasteiger partial charge in [0.25, 0.3) is 0 Å². The van der Waals surface area contributed by atoms with Crippen molar-refractivity contribution in [2.24, 2.45) is 0 Å². The first-order valence-electron chi connectivity index (χ1n) is 11.5. The molecule has 1 fully saturated rings. The van der Waals surface area contributed by atoms with Crippen molar-refractivity contribution in [2.45, 2.75) is 57.0 Å². The van der Waals surface area contributed by atoms with Crippen molar-refractivity contribution in [3.05, 3.63) is 59.7 Å². The number of carbonyl (C=O) groups excluding carboxylic acids is 2. The molecule has 1 heterocycles. The Balaban J connectivity index is 1.44. The molecule has 2 atom stereocenters. The molecule has 2 aromatic rings. The zero-order chi connectivity index (χ0) is 23.6. The molecule has 0 saturated carbocycles. The quantitative estimate of drug-likeness (QED) is 0.660. The number of hydrogen-bond donors (Lipinski definition) is 2. The lowest BCUT2D eigenvalue weighted by Crippen LogP contribution is -2.57. The summed E-state index contributed by atoms with van der Waals surface area (Å²) in [5.41, 5.74) is 3.27. The maximum atomic E-state index is 13.2. The van der Waals surface area contributed by atoms with Gasteiger partial charge in [0, 0.05) is 12.5 Å². The third kappa shape index (κ3) is 4.19. The Morgan fingerprint density at radius 3 is 2.30 bits per heavy atom. The van der Waals surface area contributed by atoms with Gasteiger partial charge in [-0.1, -0.05) is 61.9 Å². The molecule has 1 aliphatic carbocycles. The third-order valence-electron chi connectivity index (χ3n) is 6.88. The molecule has 7 nitrogen and oxygen atoms in total. The van der Waals surface area contributed by atoms with Gasteiger partial charge in [-0.3, -0.25) is 4.79 Å². The third-order valence-corrected chi connectivity index (χ3v) is 6.88. The van der Waals surface area contributed by atoms with Gasteiger partial charge in [-0.2, -0.15) is 0 Å². The average Bonchev–Trinajstić information content (AvgIpc) is 3.36. The van der Waals surface area contributed by atoms with Gasteiger partial charge >= 0.3 is 12.1 Å². The molecule has 2 amide bonds. The number of amides is 2. The number of hydrogen-bond acceptors (Lipinski definition) is 4. The first kappa shape index (κ1) is 22.8. The van der Waals surface area contributed by atoms with Gasteiger partial charge in [-0.25, -0.2) is 9.59 Å². The second kappa shape index (κ2) is 9.25. The van der Waals surface area contributed by atoms with Crippen LogP contribution in [0.1, 0.15) is 56.6 Å². The second-order valence-corrected chi connectivity index (χ2v) is 8.98. The Bertz CT molecular complexity index is 1020. The van der Waals surface area contributed by atoms with Crippen molar-refractivity contribution in [3.63, 3.8) is 0 Å². The molecule has 0 radical (unpaired) electrons. The highest BCUT2D eigenvalue weighted by Crippen LogP contribution is 2.44. The summed E-state index contributed by atoms with van der Waals surface area (Å²) in [5, 5.41) is 12.3. The topological polar surface area (TPSA) is 95.9 Å². The summed E-state index contributed by atoms with van der Waals surface area (Å²) in [4.78, 5) is 39.0. The Morgan fingerprint density at radius 2 is 1.73 bits per heavy atom. The molecule has 0 bridgehead atoms. The molecule has 1 aliphatic heterocycles. The van der Waals surface area contributed by atoms with Gasteiger partial charge < -0.3 is 20.1 Å². The normalized spacial score (nSPS) is 20.1. The van der Waals surface area contributed by atoms with Crippen LogP contribution in [0.15, 0.2) is 48.5 Å². The number of carboxylic acid groups (broad SMARTS) is 1. The summed E-state index contributed by atoms with van der Waals surface area (Å²) < 4.78 is 5.59. The Labute approximate surface area is 193 Å². The molecule has 0 unspecified atom stereocenters. The van der Waals surface area contributed by atoms with Crippen molar-refractivity contribution < 1.29 is 24.2 Å². The SMILES string of the molecule is CCC[C@@H](NC(=O)OCC1c2ccccc2-c2ccccc21)C(=O)N1CCC[C@]1(C)C(=O)O. The molecule has 7 heteroatoms. The van der Waals surface area contributed by atoms with Crippen LogP contribution in [-0.4, -0.2) is 52.7 Å². The fraction of sp³-hybridized carbons (Fsp3) is 0.423. The zero-order valence-corrected chi connectivity index (χ0v) is 19.0. The minimum Gasteiger partial charge on any atom is -0.480 e. The smallest absolute Gasteiger partial charge is 0.407 e. The van der Waals surface area contributed by atoms with Crippen molar-refractivity contribution in [2.75, 3.05) is 13.2 Å². The van der Waals surface area contributed by atoms with Gasteiger partial charge in [0.15, 0.2) is 0 Å². The van der Waals surface area contributed by atoms with E-state index in [4.69, 9.17) is 4.74 Å². The number of alkyl carbamates (subject to hydrolysis) is 1. The van der Waals surface area contributed by atoms with Gasteiger partial charge in [-0.05, 0) is 48.4 Å². The molecule has 2 aromatic carbocycles. The number of benzene rings is 2. The first-order chi connectivity index (χ1) is 15.9. The average molecular weight is 451 g/mol. The van der Waals surface area contributed by atoms with Gasteiger partial charge in [-0.15, -0.1) is 0 Å². The standard InChI is InChI=1S/C26H30N2O5/c1-3-9-22(23(29)28-15-8-14-26(28,2)24(30)31)27-25(32)33-16-21-19-12-6-4-10-17(19)18-11-5-7-13-20(18)21/h4-7,10-13,21-22H,3,8-9,14-16H2,1-2H3,(H,27,32)(H,30,31)/t22-,26-/m1/s1.